The fraction of sp³-hybridized carbons (Fsp3) is 0.0588. The van der Waals surface area contributed by atoms with Gasteiger partial charge in [-0.15, -0.1) is 0 Å². The average molecular weight is 355 g/mol. The third-order valence-electron chi connectivity index (χ3n) is 3.27. The summed E-state index contributed by atoms with van der Waals surface area (Å²) in [6.45, 7) is 0. The molecule has 3 aromatic rings. The van der Waals surface area contributed by atoms with Crippen LogP contribution >= 0.6 is 11.8 Å². The maximum Gasteiger partial charge on any atom is 0.335 e. The number of aromatic nitrogens is 2. The van der Waals surface area contributed by atoms with Crippen LogP contribution in [0.5, 0.6) is 0 Å². The Morgan fingerprint density at radius 1 is 1.04 bits per heavy atom. The lowest BCUT2D eigenvalue weighted by atomic mass is 10.2. The van der Waals surface area contributed by atoms with Crippen LogP contribution in [0.2, 0.25) is 0 Å². The molecule has 0 saturated heterocycles. The Morgan fingerprint density at radius 3 is 2.60 bits per heavy atom. The Kier molecular flexibility index (Phi) is 4.80. The quantitative estimate of drug-likeness (QED) is 0.456. The largest absolute Gasteiger partial charge is 0.481 e. The second kappa shape index (κ2) is 7.18. The van der Waals surface area contributed by atoms with Crippen molar-refractivity contribution >= 4 is 46.2 Å². The van der Waals surface area contributed by atoms with Gasteiger partial charge in [0.1, 0.15) is 5.03 Å². The van der Waals surface area contributed by atoms with Gasteiger partial charge in [0, 0.05) is 11.1 Å². The molecule has 1 aromatic heterocycles. The monoisotopic (exact) mass is 355 g/mol. The highest BCUT2D eigenvalue weighted by Gasteiger charge is 2.11. The van der Waals surface area contributed by atoms with E-state index >= 15 is 0 Å². The predicted octanol–water partition coefficient (Wildman–Crippen LogP) is 3.25. The van der Waals surface area contributed by atoms with Gasteiger partial charge in [-0.3, -0.25) is 4.79 Å². The van der Waals surface area contributed by atoms with E-state index in [4.69, 9.17) is 10.2 Å². The van der Waals surface area contributed by atoms with Crippen LogP contribution < -0.4 is 5.32 Å². The lowest BCUT2D eigenvalue weighted by Gasteiger charge is -2.10. The molecule has 0 spiro atoms. The molecule has 1 heterocycles. The summed E-state index contributed by atoms with van der Waals surface area (Å²) >= 11 is 1.11. The SMILES string of the molecule is O=C(O)CSc1nc(Nc2cccc(C(=O)O)c2)nc2ccccc12. The number of hydrogen-bond donors (Lipinski definition) is 3. The average Bonchev–Trinajstić information content (AvgIpc) is 2.59. The normalized spacial score (nSPS) is 10.6. The highest BCUT2D eigenvalue weighted by atomic mass is 32.2. The summed E-state index contributed by atoms with van der Waals surface area (Å²) < 4.78 is 0. The lowest BCUT2D eigenvalue weighted by Crippen LogP contribution is -2.03. The molecule has 3 rings (SSSR count). The highest BCUT2D eigenvalue weighted by Crippen LogP contribution is 2.27. The smallest absolute Gasteiger partial charge is 0.335 e. The van der Waals surface area contributed by atoms with E-state index in [1.165, 1.54) is 12.1 Å². The highest BCUT2D eigenvalue weighted by molar-refractivity contribution is 8.00. The zero-order chi connectivity index (χ0) is 17.8. The van der Waals surface area contributed by atoms with Gasteiger partial charge >= 0.3 is 11.9 Å². The Balaban J connectivity index is 1.97. The third kappa shape index (κ3) is 4.04. The molecule has 8 heteroatoms. The fourth-order valence-corrected chi connectivity index (χ4v) is 2.94. The zero-order valence-electron chi connectivity index (χ0n) is 12.8. The van der Waals surface area contributed by atoms with E-state index in [0.29, 0.717) is 16.2 Å². The van der Waals surface area contributed by atoms with E-state index in [1.807, 2.05) is 18.2 Å². The number of hydrogen-bond acceptors (Lipinski definition) is 6. The Morgan fingerprint density at radius 2 is 1.84 bits per heavy atom. The standard InChI is InChI=1S/C17H13N3O4S/c21-14(22)9-25-15-12-6-1-2-7-13(12)19-17(20-15)18-11-5-3-4-10(8-11)16(23)24/h1-8H,9H2,(H,21,22)(H,23,24)(H,18,19,20). The van der Waals surface area contributed by atoms with Crippen molar-refractivity contribution in [1.82, 2.24) is 9.97 Å². The Hall–Kier alpha value is -3.13. The van der Waals surface area contributed by atoms with E-state index in [0.717, 1.165) is 17.1 Å². The maximum absolute atomic E-state index is 11.1. The van der Waals surface area contributed by atoms with E-state index in [9.17, 15) is 9.59 Å². The summed E-state index contributed by atoms with van der Waals surface area (Å²) in [5.74, 6) is -1.80. The van der Waals surface area contributed by atoms with Crippen molar-refractivity contribution in [2.45, 2.75) is 5.03 Å². The molecule has 0 amide bonds. The van der Waals surface area contributed by atoms with Crippen molar-refractivity contribution in [2.24, 2.45) is 0 Å². The first-order valence-corrected chi connectivity index (χ1v) is 8.23. The number of rotatable bonds is 6. The molecule has 0 aliphatic rings. The number of para-hydroxylation sites is 1. The third-order valence-corrected chi connectivity index (χ3v) is 4.24. The van der Waals surface area contributed by atoms with Crippen LogP contribution in [0, 0.1) is 0 Å². The number of aromatic carboxylic acids is 1. The Labute approximate surface area is 146 Å². The lowest BCUT2D eigenvalue weighted by molar-refractivity contribution is -0.133. The number of benzene rings is 2. The maximum atomic E-state index is 11.1. The summed E-state index contributed by atoms with van der Waals surface area (Å²) in [7, 11) is 0. The van der Waals surface area contributed by atoms with Crippen LogP contribution in [-0.2, 0) is 4.79 Å². The van der Waals surface area contributed by atoms with E-state index in [-0.39, 0.29) is 17.3 Å². The number of carboxylic acids is 2. The summed E-state index contributed by atoms with van der Waals surface area (Å²) in [4.78, 5) is 30.7. The molecule has 7 nitrogen and oxygen atoms in total. The summed E-state index contributed by atoms with van der Waals surface area (Å²) in [6.07, 6.45) is 0. The minimum Gasteiger partial charge on any atom is -0.481 e. The van der Waals surface area contributed by atoms with Crippen LogP contribution in [0.3, 0.4) is 0 Å². The van der Waals surface area contributed by atoms with Gasteiger partial charge in [-0.2, -0.15) is 0 Å². The van der Waals surface area contributed by atoms with Crippen molar-refractivity contribution < 1.29 is 19.8 Å². The molecule has 2 aromatic carbocycles. The van der Waals surface area contributed by atoms with Gasteiger partial charge < -0.3 is 15.5 Å². The number of nitrogens with zero attached hydrogens (tertiary/aromatic N) is 2. The number of thioether (sulfide) groups is 1. The van der Waals surface area contributed by atoms with Crippen molar-refractivity contribution in [3.63, 3.8) is 0 Å². The van der Waals surface area contributed by atoms with Crippen molar-refractivity contribution in [3.05, 3.63) is 54.1 Å². The van der Waals surface area contributed by atoms with Gasteiger partial charge in [0.15, 0.2) is 0 Å². The molecule has 0 radical (unpaired) electrons. The summed E-state index contributed by atoms with van der Waals surface area (Å²) in [5, 5.41) is 22.2. The Bertz CT molecular complexity index is 962. The molecule has 25 heavy (non-hydrogen) atoms. The van der Waals surface area contributed by atoms with Gasteiger partial charge in [0.05, 0.1) is 16.8 Å². The van der Waals surface area contributed by atoms with Crippen LogP contribution in [0.1, 0.15) is 10.4 Å². The molecule has 0 saturated carbocycles. The number of anilines is 2. The minimum absolute atomic E-state index is 0.116. The van der Waals surface area contributed by atoms with E-state index in [2.05, 4.69) is 15.3 Å². The van der Waals surface area contributed by atoms with Gasteiger partial charge in [0.25, 0.3) is 0 Å². The molecule has 0 bridgehead atoms. The molecule has 0 unspecified atom stereocenters. The predicted molar refractivity (Wildman–Crippen MR) is 94.6 cm³/mol. The van der Waals surface area contributed by atoms with Crippen molar-refractivity contribution in [1.29, 1.82) is 0 Å². The van der Waals surface area contributed by atoms with E-state index in [1.54, 1.807) is 18.2 Å². The van der Waals surface area contributed by atoms with E-state index < -0.39 is 11.9 Å². The van der Waals surface area contributed by atoms with Crippen molar-refractivity contribution in [2.75, 3.05) is 11.1 Å². The van der Waals surface area contributed by atoms with Gasteiger partial charge in [-0.1, -0.05) is 36.0 Å². The first-order chi connectivity index (χ1) is 12.0. The van der Waals surface area contributed by atoms with Gasteiger partial charge in [0.2, 0.25) is 5.95 Å². The number of fused-ring (bicyclic) bond motifs is 1. The van der Waals surface area contributed by atoms with Gasteiger partial charge in [-0.25, -0.2) is 14.8 Å². The number of nitrogens with one attached hydrogen (secondary N) is 1. The fourth-order valence-electron chi connectivity index (χ4n) is 2.20. The molecule has 0 atom stereocenters. The molecular formula is C17H13N3O4S. The number of carboxylic acid groups (broad SMARTS) is 2. The van der Waals surface area contributed by atoms with Crippen LogP contribution in [0.15, 0.2) is 53.6 Å². The zero-order valence-corrected chi connectivity index (χ0v) is 13.7. The number of aliphatic carboxylic acids is 1. The van der Waals surface area contributed by atoms with Crippen LogP contribution in [0.4, 0.5) is 11.6 Å². The first-order valence-electron chi connectivity index (χ1n) is 7.24. The van der Waals surface area contributed by atoms with Crippen LogP contribution in [0.25, 0.3) is 10.9 Å². The summed E-state index contributed by atoms with van der Waals surface area (Å²) in [5.41, 5.74) is 1.35. The molecular weight excluding hydrogens is 342 g/mol. The summed E-state index contributed by atoms with van der Waals surface area (Å²) in [6, 6.07) is 13.6. The first kappa shape index (κ1) is 16.7. The van der Waals surface area contributed by atoms with Gasteiger partial charge in [-0.05, 0) is 24.3 Å². The molecule has 0 aliphatic carbocycles. The number of carbonyl (C=O) groups is 2. The van der Waals surface area contributed by atoms with Crippen LogP contribution in [-0.4, -0.2) is 37.9 Å². The second-order valence-corrected chi connectivity index (χ2v) is 6.03. The minimum atomic E-state index is -1.03. The molecule has 0 aliphatic heterocycles. The molecule has 0 fully saturated rings. The van der Waals surface area contributed by atoms with Crippen molar-refractivity contribution in [3.8, 4) is 0 Å². The molecule has 126 valence electrons. The molecule has 3 N–H and O–H groups in total. The second-order valence-electron chi connectivity index (χ2n) is 5.06. The topological polar surface area (TPSA) is 112 Å².